The summed E-state index contributed by atoms with van der Waals surface area (Å²) in [5.41, 5.74) is -2.34. The molecule has 0 aliphatic carbocycles. The van der Waals surface area contributed by atoms with Crippen LogP contribution >= 0.6 is 22.6 Å². The minimum Gasteiger partial charge on any atom is -0.403 e. The Balaban J connectivity index is 3.29. The lowest BCUT2D eigenvalue weighted by Crippen LogP contribution is -2.20. The summed E-state index contributed by atoms with van der Waals surface area (Å²) in [5, 5.41) is 0. The van der Waals surface area contributed by atoms with Gasteiger partial charge in [-0.3, -0.25) is 0 Å². The number of rotatable bonds is 2. The highest BCUT2D eigenvalue weighted by molar-refractivity contribution is 14.1. The SMILES string of the molecule is FCc1cc(C(F)(F)F)nc(I)c1OC(F)(F)F. The van der Waals surface area contributed by atoms with Crippen LogP contribution in [-0.4, -0.2) is 11.3 Å². The van der Waals surface area contributed by atoms with Crippen molar-refractivity contribution in [3.63, 3.8) is 0 Å². The van der Waals surface area contributed by atoms with E-state index in [0.29, 0.717) is 0 Å². The van der Waals surface area contributed by atoms with Gasteiger partial charge >= 0.3 is 12.5 Å². The average Bonchev–Trinajstić information content (AvgIpc) is 2.17. The maximum Gasteiger partial charge on any atom is 0.573 e. The van der Waals surface area contributed by atoms with Crippen LogP contribution < -0.4 is 4.74 Å². The molecule has 0 amide bonds. The number of aromatic nitrogens is 1. The van der Waals surface area contributed by atoms with Gasteiger partial charge in [-0.05, 0) is 28.7 Å². The van der Waals surface area contributed by atoms with Crippen LogP contribution in [0.2, 0.25) is 0 Å². The van der Waals surface area contributed by atoms with Crippen molar-refractivity contribution in [3.05, 3.63) is 21.0 Å². The topological polar surface area (TPSA) is 22.1 Å². The Morgan fingerprint density at radius 1 is 1.17 bits per heavy atom. The molecule has 0 bridgehead atoms. The highest BCUT2D eigenvalue weighted by Gasteiger charge is 2.37. The van der Waals surface area contributed by atoms with E-state index in [0.717, 1.165) is 22.6 Å². The maximum atomic E-state index is 12.5. The van der Waals surface area contributed by atoms with Crippen molar-refractivity contribution in [2.45, 2.75) is 19.2 Å². The van der Waals surface area contributed by atoms with Gasteiger partial charge < -0.3 is 4.74 Å². The fourth-order valence-electron chi connectivity index (χ4n) is 1.02. The Kier molecular flexibility index (Phi) is 4.28. The van der Waals surface area contributed by atoms with E-state index in [2.05, 4.69) is 9.72 Å². The van der Waals surface area contributed by atoms with Gasteiger partial charge in [-0.2, -0.15) is 13.2 Å². The summed E-state index contributed by atoms with van der Waals surface area (Å²) in [6.07, 6.45) is -10.0. The summed E-state index contributed by atoms with van der Waals surface area (Å²) in [6.45, 7) is -1.53. The van der Waals surface area contributed by atoms with E-state index in [1.807, 2.05) is 0 Å². The summed E-state index contributed by atoms with van der Waals surface area (Å²) in [6, 6.07) is 0.184. The highest BCUT2D eigenvalue weighted by Crippen LogP contribution is 2.36. The summed E-state index contributed by atoms with van der Waals surface area (Å²) < 4.78 is 88.0. The van der Waals surface area contributed by atoms with E-state index >= 15 is 0 Å². The third-order valence-electron chi connectivity index (χ3n) is 1.66. The molecule has 0 aliphatic rings. The monoisotopic (exact) mass is 389 g/mol. The Hall–Kier alpha value is -0.810. The van der Waals surface area contributed by atoms with Gasteiger partial charge in [0.1, 0.15) is 16.1 Å². The number of alkyl halides is 7. The van der Waals surface area contributed by atoms with Crippen molar-refractivity contribution in [2.75, 3.05) is 0 Å². The lowest BCUT2D eigenvalue weighted by molar-refractivity contribution is -0.275. The zero-order chi connectivity index (χ0) is 14.1. The molecule has 18 heavy (non-hydrogen) atoms. The fourth-order valence-corrected chi connectivity index (χ4v) is 1.74. The maximum absolute atomic E-state index is 12.5. The first kappa shape index (κ1) is 15.2. The molecule has 0 fully saturated rings. The molecule has 10 heteroatoms. The molecule has 0 unspecified atom stereocenters. The van der Waals surface area contributed by atoms with Crippen molar-refractivity contribution in [3.8, 4) is 5.75 Å². The summed E-state index contributed by atoms with van der Waals surface area (Å²) in [5.74, 6) is -1.06. The van der Waals surface area contributed by atoms with E-state index in [4.69, 9.17) is 0 Å². The Morgan fingerprint density at radius 2 is 1.72 bits per heavy atom. The minimum absolute atomic E-state index is 0.184. The molecule has 0 N–H and O–H groups in total. The number of halogens is 8. The number of ether oxygens (including phenoxy) is 1. The number of nitrogens with zero attached hydrogens (tertiary/aromatic N) is 1. The second-order valence-electron chi connectivity index (χ2n) is 2.97. The normalized spacial score (nSPS) is 12.7. The van der Waals surface area contributed by atoms with Crippen LogP contribution in [0.3, 0.4) is 0 Å². The first-order chi connectivity index (χ1) is 8.04. The predicted octanol–water partition coefficient (Wildman–Crippen LogP) is 4.07. The van der Waals surface area contributed by atoms with Crippen molar-refractivity contribution < 1.29 is 35.5 Å². The zero-order valence-electron chi connectivity index (χ0n) is 8.16. The first-order valence-corrected chi connectivity index (χ1v) is 5.21. The molecule has 1 aromatic rings. The summed E-state index contributed by atoms with van der Waals surface area (Å²) in [7, 11) is 0. The van der Waals surface area contributed by atoms with Gasteiger partial charge in [0.2, 0.25) is 0 Å². The molecule has 0 saturated heterocycles. The second-order valence-corrected chi connectivity index (χ2v) is 3.99. The van der Waals surface area contributed by atoms with Crippen LogP contribution in [0.15, 0.2) is 6.07 Å². The van der Waals surface area contributed by atoms with Crippen molar-refractivity contribution in [1.29, 1.82) is 0 Å². The standard InChI is InChI=1S/C8H3F7INO/c9-2-3-1-4(7(10,11)12)17-6(16)5(3)18-8(13,14)15/h1H,2H2. The average molecular weight is 389 g/mol. The molecular formula is C8H3F7INO. The van der Waals surface area contributed by atoms with Crippen molar-refractivity contribution in [1.82, 2.24) is 4.98 Å². The lowest BCUT2D eigenvalue weighted by Gasteiger charge is -2.15. The Morgan fingerprint density at radius 3 is 2.11 bits per heavy atom. The molecule has 2 nitrogen and oxygen atoms in total. The molecule has 0 aliphatic heterocycles. The summed E-state index contributed by atoms with van der Waals surface area (Å²) >= 11 is 1.11. The molecule has 0 radical (unpaired) electrons. The first-order valence-electron chi connectivity index (χ1n) is 4.13. The fraction of sp³-hybridized carbons (Fsp3) is 0.375. The molecule has 0 saturated carbocycles. The van der Waals surface area contributed by atoms with Gasteiger partial charge in [0.25, 0.3) is 0 Å². The molecule has 102 valence electrons. The number of pyridine rings is 1. The van der Waals surface area contributed by atoms with Gasteiger partial charge in [-0.1, -0.05) is 0 Å². The van der Waals surface area contributed by atoms with E-state index in [-0.39, 0.29) is 6.07 Å². The van der Waals surface area contributed by atoms with E-state index in [9.17, 15) is 30.7 Å². The van der Waals surface area contributed by atoms with Crippen LogP contribution in [-0.2, 0) is 12.9 Å². The van der Waals surface area contributed by atoms with Gasteiger partial charge in [0.05, 0.1) is 0 Å². The minimum atomic E-state index is -5.13. The third kappa shape index (κ3) is 3.85. The van der Waals surface area contributed by atoms with Crippen molar-refractivity contribution >= 4 is 22.6 Å². The highest BCUT2D eigenvalue weighted by atomic mass is 127. The Labute approximate surface area is 109 Å². The molecule has 1 rings (SSSR count). The quantitative estimate of drug-likeness (QED) is 0.432. The van der Waals surface area contributed by atoms with Gasteiger partial charge in [-0.15, -0.1) is 13.2 Å². The Bertz CT molecular complexity index is 442. The number of hydrogen-bond donors (Lipinski definition) is 0. The molecule has 0 atom stereocenters. The van der Waals surface area contributed by atoms with Crippen LogP contribution in [0.5, 0.6) is 5.75 Å². The van der Waals surface area contributed by atoms with Gasteiger partial charge in [-0.25, -0.2) is 9.37 Å². The molecule has 0 aromatic carbocycles. The zero-order valence-corrected chi connectivity index (χ0v) is 10.3. The third-order valence-corrected chi connectivity index (χ3v) is 2.39. The smallest absolute Gasteiger partial charge is 0.403 e. The molecule has 1 heterocycles. The van der Waals surface area contributed by atoms with Crippen molar-refractivity contribution in [2.24, 2.45) is 0 Å². The van der Waals surface area contributed by atoms with E-state index in [1.54, 1.807) is 0 Å². The van der Waals surface area contributed by atoms with Crippen LogP contribution in [0, 0.1) is 3.70 Å². The van der Waals surface area contributed by atoms with Gasteiger partial charge in [0.15, 0.2) is 5.75 Å². The van der Waals surface area contributed by atoms with Gasteiger partial charge in [0, 0.05) is 5.56 Å². The number of hydrogen-bond acceptors (Lipinski definition) is 2. The van der Waals surface area contributed by atoms with Crippen LogP contribution in [0.1, 0.15) is 11.3 Å². The molecular weight excluding hydrogens is 386 g/mol. The molecule has 0 spiro atoms. The second kappa shape index (κ2) is 5.05. The largest absolute Gasteiger partial charge is 0.573 e. The predicted molar refractivity (Wildman–Crippen MR) is 53.5 cm³/mol. The van der Waals surface area contributed by atoms with Crippen LogP contribution in [0.25, 0.3) is 0 Å². The lowest BCUT2D eigenvalue weighted by atomic mass is 10.2. The van der Waals surface area contributed by atoms with E-state index in [1.165, 1.54) is 0 Å². The molecule has 1 aromatic heterocycles. The summed E-state index contributed by atoms with van der Waals surface area (Å²) in [4.78, 5) is 2.91. The van der Waals surface area contributed by atoms with Crippen LogP contribution in [0.4, 0.5) is 30.7 Å². The van der Waals surface area contributed by atoms with E-state index < -0.39 is 39.9 Å².